The fourth-order valence-corrected chi connectivity index (χ4v) is 5.12. The molecule has 7 nitrogen and oxygen atoms in total. The van der Waals surface area contributed by atoms with Gasteiger partial charge in [0, 0.05) is 33.2 Å². The highest BCUT2D eigenvalue weighted by Crippen LogP contribution is 2.32. The molecule has 2 atom stereocenters. The summed E-state index contributed by atoms with van der Waals surface area (Å²) in [6.07, 6.45) is 6.08. The third kappa shape index (κ3) is 4.12. The summed E-state index contributed by atoms with van der Waals surface area (Å²) < 4.78 is 8.48. The summed E-state index contributed by atoms with van der Waals surface area (Å²) in [5.74, 6) is 1.80. The Balaban J connectivity index is 1.34. The summed E-state index contributed by atoms with van der Waals surface area (Å²) in [6, 6.07) is 0. The van der Waals surface area contributed by atoms with E-state index in [2.05, 4.69) is 54.6 Å². The highest BCUT2D eigenvalue weighted by molar-refractivity contribution is 9.10. The van der Waals surface area contributed by atoms with Gasteiger partial charge in [-0.15, -0.1) is 0 Å². The molecule has 0 saturated carbocycles. The van der Waals surface area contributed by atoms with E-state index < -0.39 is 0 Å². The number of hydrogen-bond donors (Lipinski definition) is 0. The zero-order chi connectivity index (χ0) is 19.0. The van der Waals surface area contributed by atoms with Gasteiger partial charge < -0.3 is 9.64 Å². The van der Waals surface area contributed by atoms with Crippen molar-refractivity contribution in [2.24, 2.45) is 13.0 Å². The third-order valence-electron chi connectivity index (χ3n) is 5.82. The number of morpholine rings is 1. The van der Waals surface area contributed by atoms with Crippen LogP contribution in [-0.2, 0) is 11.8 Å². The lowest BCUT2D eigenvalue weighted by molar-refractivity contribution is -0.0690. The minimum absolute atomic E-state index is 0.355. The van der Waals surface area contributed by atoms with Crippen molar-refractivity contribution in [1.29, 1.82) is 0 Å². The van der Waals surface area contributed by atoms with Crippen LogP contribution in [0.4, 0.5) is 5.82 Å². The average Bonchev–Trinajstić information content (AvgIpc) is 2.94. The predicted octanol–water partition coefficient (Wildman–Crippen LogP) is 2.84. The summed E-state index contributed by atoms with van der Waals surface area (Å²) in [6.45, 7) is 9.78. The molecule has 2 unspecified atom stereocenters. The molecule has 0 bridgehead atoms. The van der Waals surface area contributed by atoms with Gasteiger partial charge in [-0.25, -0.2) is 14.6 Å². The second kappa shape index (κ2) is 8.01. The van der Waals surface area contributed by atoms with Crippen LogP contribution >= 0.6 is 15.9 Å². The molecular weight excluding hydrogens is 408 g/mol. The SMILES string of the molecule is CC1CN(CCC2CCN(c3ncnc4c3c(Br)nn4C)CC2)CC(C)O1. The van der Waals surface area contributed by atoms with Gasteiger partial charge in [0.05, 0.1) is 17.6 Å². The first kappa shape index (κ1) is 19.1. The van der Waals surface area contributed by atoms with E-state index in [-0.39, 0.29) is 0 Å². The number of fused-ring (bicyclic) bond motifs is 1. The molecule has 0 spiro atoms. The predicted molar refractivity (Wildman–Crippen MR) is 110 cm³/mol. The first-order valence-electron chi connectivity index (χ1n) is 9.97. The summed E-state index contributed by atoms with van der Waals surface area (Å²) >= 11 is 3.57. The van der Waals surface area contributed by atoms with Crippen LogP contribution in [0.5, 0.6) is 0 Å². The third-order valence-corrected chi connectivity index (χ3v) is 6.38. The highest BCUT2D eigenvalue weighted by atomic mass is 79.9. The number of halogens is 1. The van der Waals surface area contributed by atoms with Gasteiger partial charge in [-0.2, -0.15) is 5.10 Å². The summed E-state index contributed by atoms with van der Waals surface area (Å²) in [5, 5.41) is 5.47. The number of piperidine rings is 1. The molecule has 2 aliphatic heterocycles. The van der Waals surface area contributed by atoms with Crippen molar-refractivity contribution >= 4 is 32.8 Å². The second-order valence-electron chi connectivity index (χ2n) is 8.05. The van der Waals surface area contributed by atoms with Crippen molar-refractivity contribution in [2.75, 3.05) is 37.6 Å². The normalized spacial score (nSPS) is 25.4. The van der Waals surface area contributed by atoms with Crippen LogP contribution in [0.3, 0.4) is 0 Å². The average molecular weight is 437 g/mol. The van der Waals surface area contributed by atoms with Crippen LogP contribution in [-0.4, -0.2) is 69.6 Å². The topological polar surface area (TPSA) is 59.3 Å². The molecule has 2 fully saturated rings. The van der Waals surface area contributed by atoms with E-state index in [1.165, 1.54) is 25.8 Å². The molecule has 2 aliphatic rings. The number of hydrogen-bond acceptors (Lipinski definition) is 6. The smallest absolute Gasteiger partial charge is 0.164 e. The van der Waals surface area contributed by atoms with Crippen molar-refractivity contribution in [2.45, 2.75) is 45.3 Å². The first-order valence-corrected chi connectivity index (χ1v) is 10.8. The maximum Gasteiger partial charge on any atom is 0.164 e. The van der Waals surface area contributed by atoms with Gasteiger partial charge in [0.1, 0.15) is 16.7 Å². The first-order chi connectivity index (χ1) is 13.0. The van der Waals surface area contributed by atoms with Crippen LogP contribution in [0.25, 0.3) is 11.0 Å². The number of anilines is 1. The minimum Gasteiger partial charge on any atom is -0.373 e. The zero-order valence-corrected chi connectivity index (χ0v) is 18.0. The fraction of sp³-hybridized carbons (Fsp3) is 0.737. The number of nitrogens with zero attached hydrogens (tertiary/aromatic N) is 6. The molecule has 2 saturated heterocycles. The minimum atomic E-state index is 0.355. The Kier molecular flexibility index (Phi) is 5.66. The molecule has 0 N–H and O–H groups in total. The zero-order valence-electron chi connectivity index (χ0n) is 16.4. The lowest BCUT2D eigenvalue weighted by atomic mass is 9.93. The van der Waals surface area contributed by atoms with Crippen LogP contribution in [0.1, 0.15) is 33.1 Å². The van der Waals surface area contributed by atoms with Gasteiger partial charge in [0.15, 0.2) is 5.65 Å². The van der Waals surface area contributed by atoms with E-state index in [1.807, 2.05) is 11.7 Å². The number of rotatable bonds is 4. The number of aryl methyl sites for hydroxylation is 1. The van der Waals surface area contributed by atoms with Crippen molar-refractivity contribution in [3.05, 3.63) is 10.9 Å². The van der Waals surface area contributed by atoms with E-state index in [1.54, 1.807) is 6.33 Å². The van der Waals surface area contributed by atoms with Gasteiger partial charge in [-0.3, -0.25) is 4.90 Å². The van der Waals surface area contributed by atoms with Crippen LogP contribution in [0.15, 0.2) is 10.9 Å². The van der Waals surface area contributed by atoms with E-state index in [0.29, 0.717) is 12.2 Å². The van der Waals surface area contributed by atoms with Crippen LogP contribution < -0.4 is 4.90 Å². The molecule has 4 heterocycles. The number of aromatic nitrogens is 4. The van der Waals surface area contributed by atoms with Crippen molar-refractivity contribution < 1.29 is 4.74 Å². The largest absolute Gasteiger partial charge is 0.373 e. The fourth-order valence-electron chi connectivity index (χ4n) is 4.53. The molecule has 8 heteroatoms. The monoisotopic (exact) mass is 436 g/mol. The Bertz CT molecular complexity index is 778. The van der Waals surface area contributed by atoms with Crippen molar-refractivity contribution in [1.82, 2.24) is 24.6 Å². The Labute approximate surface area is 169 Å². The molecule has 0 radical (unpaired) electrons. The second-order valence-corrected chi connectivity index (χ2v) is 8.80. The summed E-state index contributed by atoms with van der Waals surface area (Å²) in [7, 11) is 1.92. The standard InChI is InChI=1S/C19H29BrN6O/c1-13-10-25(11-14(2)27-13)7-4-15-5-8-26(9-6-15)19-16-17(20)23-24(3)18(16)21-12-22-19/h12-15H,4-11H2,1-3H3. The maximum atomic E-state index is 5.85. The van der Waals surface area contributed by atoms with Crippen LogP contribution in [0.2, 0.25) is 0 Å². The van der Waals surface area contributed by atoms with Gasteiger partial charge in [-0.1, -0.05) is 0 Å². The molecule has 2 aromatic rings. The Hall–Kier alpha value is -1.25. The lowest BCUT2D eigenvalue weighted by Crippen LogP contribution is -2.46. The lowest BCUT2D eigenvalue weighted by Gasteiger charge is -2.37. The quantitative estimate of drug-likeness (QED) is 0.733. The van der Waals surface area contributed by atoms with Crippen molar-refractivity contribution in [3.63, 3.8) is 0 Å². The highest BCUT2D eigenvalue weighted by Gasteiger charge is 2.26. The van der Waals surface area contributed by atoms with Gasteiger partial charge in [0.2, 0.25) is 0 Å². The Morgan fingerprint density at radius 3 is 2.56 bits per heavy atom. The molecule has 0 aromatic carbocycles. The number of ether oxygens (including phenoxy) is 1. The Morgan fingerprint density at radius 2 is 1.85 bits per heavy atom. The molecule has 2 aromatic heterocycles. The summed E-state index contributed by atoms with van der Waals surface area (Å²) in [5.41, 5.74) is 0.879. The Morgan fingerprint density at radius 1 is 1.15 bits per heavy atom. The van der Waals surface area contributed by atoms with E-state index >= 15 is 0 Å². The van der Waals surface area contributed by atoms with E-state index in [4.69, 9.17) is 4.74 Å². The van der Waals surface area contributed by atoms with Gasteiger partial charge >= 0.3 is 0 Å². The molecule has 148 valence electrons. The molecule has 0 aliphatic carbocycles. The van der Waals surface area contributed by atoms with Crippen LogP contribution in [0, 0.1) is 5.92 Å². The maximum absolute atomic E-state index is 5.85. The van der Waals surface area contributed by atoms with E-state index in [0.717, 1.165) is 53.6 Å². The summed E-state index contributed by atoms with van der Waals surface area (Å²) in [4.78, 5) is 13.9. The molecule has 4 rings (SSSR count). The van der Waals surface area contributed by atoms with Crippen molar-refractivity contribution in [3.8, 4) is 0 Å². The van der Waals surface area contributed by atoms with E-state index in [9.17, 15) is 0 Å². The van der Waals surface area contributed by atoms with Gasteiger partial charge in [-0.05, 0) is 61.5 Å². The molecule has 27 heavy (non-hydrogen) atoms. The molecular formula is C19H29BrN6O. The van der Waals surface area contributed by atoms with Gasteiger partial charge in [0.25, 0.3) is 0 Å². The molecule has 0 amide bonds.